The lowest BCUT2D eigenvalue weighted by Gasteiger charge is -2.35. The summed E-state index contributed by atoms with van der Waals surface area (Å²) in [4.78, 5) is 59.4. The fourth-order valence-corrected chi connectivity index (χ4v) is 10.3. The maximum Gasteiger partial charge on any atom is 0.246 e. The number of rotatable bonds is 22. The number of aliphatic hydroxyl groups excluding tert-OH is 1. The Morgan fingerprint density at radius 1 is 0.838 bits per heavy atom. The zero-order valence-electron chi connectivity index (χ0n) is 40.1. The minimum Gasteiger partial charge on any atom is -0.508 e. The highest BCUT2D eigenvalue weighted by molar-refractivity contribution is 7.22. The number of carbonyl (C=O) groups excluding carboxylic acids is 4. The smallest absolute Gasteiger partial charge is 0.246 e. The van der Waals surface area contributed by atoms with Gasteiger partial charge in [-0.2, -0.15) is 0 Å². The van der Waals surface area contributed by atoms with Crippen molar-refractivity contribution in [1.82, 2.24) is 20.4 Å². The number of amides is 3. The van der Waals surface area contributed by atoms with Gasteiger partial charge >= 0.3 is 0 Å². The number of hydrogen-bond donors (Lipinski definition) is 5. The van der Waals surface area contributed by atoms with E-state index in [-0.39, 0.29) is 54.0 Å². The summed E-state index contributed by atoms with van der Waals surface area (Å²) in [6.07, 6.45) is 6.68. The summed E-state index contributed by atoms with van der Waals surface area (Å²) in [5, 5.41) is 37.4. The predicted octanol–water partition coefficient (Wildman–Crippen LogP) is 9.50. The molecule has 68 heavy (non-hydrogen) atoms. The van der Waals surface area contributed by atoms with Crippen molar-refractivity contribution in [3.63, 3.8) is 0 Å². The summed E-state index contributed by atoms with van der Waals surface area (Å²) in [5.74, 6) is 0.605. The SMILES string of the molecule is CCN(CCCCCCCC(=O)NC(C(=O)N1C[C@H](O)C[C@H]1C(=O)N[C@@H](C)c1ccc(C2CC2)cc1)C(C)(C)C)CCOc1ccc(C(=O)c2c(-c3ccc(O)cc3)sc3cc(O)ccc23)cc1. The lowest BCUT2D eigenvalue weighted by molar-refractivity contribution is -0.144. The average molecular weight is 945 g/mol. The van der Waals surface area contributed by atoms with Gasteiger partial charge in [0, 0.05) is 52.0 Å². The Morgan fingerprint density at radius 3 is 2.19 bits per heavy atom. The maximum atomic E-state index is 14.1. The second-order valence-electron chi connectivity index (χ2n) is 19.6. The van der Waals surface area contributed by atoms with Gasteiger partial charge in [-0.15, -0.1) is 11.3 Å². The molecule has 7 rings (SSSR count). The highest BCUT2D eigenvalue weighted by atomic mass is 32.1. The monoisotopic (exact) mass is 944 g/mol. The van der Waals surface area contributed by atoms with Crippen LogP contribution in [-0.4, -0.2) is 99.6 Å². The number of fused-ring (bicyclic) bond motifs is 1. The molecule has 2 heterocycles. The van der Waals surface area contributed by atoms with Gasteiger partial charge in [-0.25, -0.2) is 0 Å². The number of phenolic OH excluding ortho intramolecular Hbond substituents is 2. The van der Waals surface area contributed by atoms with E-state index in [1.165, 1.54) is 34.6 Å². The largest absolute Gasteiger partial charge is 0.508 e. The van der Waals surface area contributed by atoms with E-state index >= 15 is 0 Å². The number of likely N-dealkylation sites (tertiary alicyclic amines) is 1. The topological polar surface area (TPSA) is 169 Å². The van der Waals surface area contributed by atoms with E-state index in [1.807, 2.05) is 52.0 Å². The lowest BCUT2D eigenvalue weighted by Crippen LogP contribution is -2.57. The molecule has 1 aliphatic carbocycles. The van der Waals surface area contributed by atoms with Crippen molar-refractivity contribution in [2.24, 2.45) is 5.41 Å². The Kier molecular flexibility index (Phi) is 16.6. The highest BCUT2D eigenvalue weighted by Crippen LogP contribution is 2.42. The van der Waals surface area contributed by atoms with E-state index in [2.05, 4.69) is 34.6 Å². The molecule has 3 amide bonds. The molecule has 2 aliphatic rings. The molecule has 5 N–H and O–H groups in total. The van der Waals surface area contributed by atoms with Gasteiger partial charge in [0.25, 0.3) is 0 Å². The van der Waals surface area contributed by atoms with E-state index in [0.29, 0.717) is 42.2 Å². The fraction of sp³-hybridized carbons (Fsp3) is 0.455. The van der Waals surface area contributed by atoms with Crippen LogP contribution in [-0.2, 0) is 14.4 Å². The zero-order chi connectivity index (χ0) is 48.5. The number of ether oxygens (including phenoxy) is 1. The Morgan fingerprint density at radius 2 is 1.51 bits per heavy atom. The average Bonchev–Trinajstić information content (AvgIpc) is 4.00. The third kappa shape index (κ3) is 12.9. The van der Waals surface area contributed by atoms with Crippen molar-refractivity contribution in [2.45, 2.75) is 123 Å². The van der Waals surface area contributed by atoms with Gasteiger partial charge in [-0.05, 0) is 140 Å². The van der Waals surface area contributed by atoms with E-state index in [9.17, 15) is 34.5 Å². The number of ketones is 1. The van der Waals surface area contributed by atoms with Crippen LogP contribution in [0.15, 0.2) is 91.0 Å². The number of hydrogen-bond acceptors (Lipinski definition) is 10. The molecule has 1 aromatic heterocycles. The van der Waals surface area contributed by atoms with Crippen molar-refractivity contribution in [1.29, 1.82) is 0 Å². The number of nitrogens with zero attached hydrogens (tertiary/aromatic N) is 2. The first-order valence-corrected chi connectivity index (χ1v) is 25.1. The van der Waals surface area contributed by atoms with E-state index in [1.54, 1.807) is 54.6 Å². The Balaban J connectivity index is 0.809. The summed E-state index contributed by atoms with van der Waals surface area (Å²) in [7, 11) is 0. The van der Waals surface area contributed by atoms with Gasteiger partial charge in [-0.3, -0.25) is 19.2 Å². The molecule has 362 valence electrons. The maximum absolute atomic E-state index is 14.1. The van der Waals surface area contributed by atoms with Crippen molar-refractivity contribution in [2.75, 3.05) is 32.8 Å². The first-order valence-electron chi connectivity index (χ1n) is 24.3. The van der Waals surface area contributed by atoms with Crippen LogP contribution in [0.2, 0.25) is 0 Å². The first kappa shape index (κ1) is 50.1. The van der Waals surface area contributed by atoms with Crippen LogP contribution in [0.3, 0.4) is 0 Å². The standard InChI is InChI=1S/C55H68N4O8S/c1-6-58(30-31-67-44-26-21-39(22-27-44)50(64)49-45-28-25-42(61)33-47(45)68-51(49)40-19-23-41(60)24-20-40)29-11-9-7-8-10-12-48(63)57-52(55(3,4)5)54(66)59-34-43(62)32-46(59)53(65)56-35(2)36-13-15-37(16-14-36)38-17-18-38/h13-16,19-28,33,35,38,43,46,52,60-62H,6-12,17-18,29-32,34H2,1-5H3,(H,56,65)(H,57,63)/t35-,43+,46-,52?/m0/s1. The van der Waals surface area contributed by atoms with Crippen LogP contribution in [0, 0.1) is 5.41 Å². The van der Waals surface area contributed by atoms with Crippen LogP contribution in [0.4, 0.5) is 0 Å². The van der Waals surface area contributed by atoms with Crippen LogP contribution >= 0.6 is 11.3 Å². The molecular weight excluding hydrogens is 877 g/mol. The van der Waals surface area contributed by atoms with E-state index in [4.69, 9.17) is 4.74 Å². The molecule has 1 unspecified atom stereocenters. The Bertz CT molecular complexity index is 2510. The van der Waals surface area contributed by atoms with Gasteiger partial charge < -0.3 is 40.5 Å². The molecule has 1 saturated carbocycles. The third-order valence-corrected chi connectivity index (χ3v) is 14.5. The second kappa shape index (κ2) is 22.6. The number of phenols is 2. The molecule has 0 bridgehead atoms. The minimum absolute atomic E-state index is 0.0402. The Hall–Kier alpha value is -5.76. The molecule has 4 aromatic carbocycles. The van der Waals surface area contributed by atoms with Gasteiger partial charge in [-0.1, -0.05) is 71.2 Å². The van der Waals surface area contributed by atoms with Gasteiger partial charge in [0.15, 0.2) is 5.78 Å². The molecule has 12 nitrogen and oxygen atoms in total. The molecule has 2 fully saturated rings. The van der Waals surface area contributed by atoms with Crippen LogP contribution < -0.4 is 15.4 Å². The molecular formula is C55H68N4O8S. The molecule has 5 aromatic rings. The van der Waals surface area contributed by atoms with E-state index in [0.717, 1.165) is 71.4 Å². The number of carbonyl (C=O) groups is 4. The highest BCUT2D eigenvalue weighted by Gasteiger charge is 2.44. The van der Waals surface area contributed by atoms with Gasteiger partial charge in [0.2, 0.25) is 17.7 Å². The van der Waals surface area contributed by atoms with Crippen LogP contribution in [0.25, 0.3) is 20.5 Å². The number of nitrogens with one attached hydrogen (secondary N) is 2. The van der Waals surface area contributed by atoms with Crippen LogP contribution in [0.5, 0.6) is 17.2 Å². The summed E-state index contributed by atoms with van der Waals surface area (Å²) >= 11 is 1.43. The predicted molar refractivity (Wildman–Crippen MR) is 268 cm³/mol. The number of aromatic hydroxyl groups is 2. The van der Waals surface area contributed by atoms with Crippen molar-refractivity contribution in [3.05, 3.63) is 113 Å². The quantitative estimate of drug-likeness (QED) is 0.0335. The number of likely N-dealkylation sites (N-methyl/N-ethyl adjacent to an activating group) is 1. The number of aliphatic hydroxyl groups is 1. The van der Waals surface area contributed by atoms with E-state index < -0.39 is 23.6 Å². The normalized spacial score (nSPS) is 17.0. The molecule has 4 atom stereocenters. The lowest BCUT2D eigenvalue weighted by atomic mass is 9.85. The summed E-state index contributed by atoms with van der Waals surface area (Å²) in [6.45, 7) is 12.9. The Labute approximate surface area is 404 Å². The number of unbranched alkanes of at least 4 members (excludes halogenated alkanes) is 4. The van der Waals surface area contributed by atoms with Crippen molar-refractivity contribution >= 4 is 44.9 Å². The molecule has 0 spiro atoms. The van der Waals surface area contributed by atoms with Crippen molar-refractivity contribution in [3.8, 4) is 27.7 Å². The van der Waals surface area contributed by atoms with Crippen LogP contribution in [0.1, 0.15) is 131 Å². The minimum atomic E-state index is -0.850. The zero-order valence-corrected chi connectivity index (χ0v) is 40.9. The van der Waals surface area contributed by atoms with Crippen molar-refractivity contribution < 1.29 is 39.2 Å². The second-order valence-corrected chi connectivity index (χ2v) is 20.7. The molecule has 1 saturated heterocycles. The molecule has 0 radical (unpaired) electrons. The summed E-state index contributed by atoms with van der Waals surface area (Å²) in [6, 6.07) is 25.4. The number of β-amino-alcohol motifs (C(OH)–C–C–N with tert-alkyl or cyclic N) is 1. The fourth-order valence-electron chi connectivity index (χ4n) is 9.07. The molecule has 1 aliphatic heterocycles. The number of benzene rings is 4. The summed E-state index contributed by atoms with van der Waals surface area (Å²) in [5.41, 5.74) is 3.58. The van der Waals surface area contributed by atoms with Gasteiger partial charge in [0.05, 0.1) is 12.1 Å². The first-order chi connectivity index (χ1) is 32.6. The number of thiophene rings is 1. The third-order valence-electron chi connectivity index (χ3n) is 13.3. The molecule has 13 heteroatoms. The van der Waals surface area contributed by atoms with Gasteiger partial charge in [0.1, 0.15) is 35.9 Å². The summed E-state index contributed by atoms with van der Waals surface area (Å²) < 4.78 is 6.89.